The lowest BCUT2D eigenvalue weighted by molar-refractivity contribution is -0.870. The van der Waals surface area contributed by atoms with E-state index < -0.39 is 26.5 Å². The number of quaternary nitrogens is 1. The summed E-state index contributed by atoms with van der Waals surface area (Å²) >= 11 is 0. The first kappa shape index (κ1) is 52.8. The van der Waals surface area contributed by atoms with Gasteiger partial charge in [-0.15, -0.1) is 0 Å². The van der Waals surface area contributed by atoms with E-state index in [1.165, 1.54) is 122 Å². The first-order chi connectivity index (χ1) is 26.0. The number of ether oxygens (including phenoxy) is 2. The molecule has 10 heteroatoms. The summed E-state index contributed by atoms with van der Waals surface area (Å²) in [6.07, 6.45) is 38.2. The van der Waals surface area contributed by atoms with E-state index in [0.717, 1.165) is 51.4 Å². The number of unbranched alkanes of at least 4 members (excludes halogenated alkanes) is 25. The summed E-state index contributed by atoms with van der Waals surface area (Å²) in [7, 11) is 1.48. The van der Waals surface area contributed by atoms with Crippen molar-refractivity contribution >= 4 is 19.8 Å². The maximum atomic E-state index is 12.7. The van der Waals surface area contributed by atoms with Crippen LogP contribution in [0, 0.1) is 0 Å². The second-order valence-corrected chi connectivity index (χ2v) is 17.9. The number of rotatable bonds is 41. The molecule has 0 aliphatic rings. The Labute approximate surface area is 333 Å². The van der Waals surface area contributed by atoms with E-state index in [9.17, 15) is 19.0 Å². The average molecular weight is 789 g/mol. The zero-order valence-corrected chi connectivity index (χ0v) is 36.9. The molecule has 1 N–H and O–H groups in total. The van der Waals surface area contributed by atoms with Gasteiger partial charge in [0.2, 0.25) is 0 Å². The van der Waals surface area contributed by atoms with Gasteiger partial charge >= 0.3 is 19.8 Å². The molecule has 0 radical (unpaired) electrons. The van der Waals surface area contributed by atoms with Crippen LogP contribution in [0.4, 0.5) is 0 Å². The smallest absolute Gasteiger partial charge is 0.462 e. The Bertz CT molecular complexity index is 938. The van der Waals surface area contributed by atoms with Gasteiger partial charge in [0, 0.05) is 12.8 Å². The molecule has 320 valence electrons. The Morgan fingerprint density at radius 2 is 0.944 bits per heavy atom. The zero-order chi connectivity index (χ0) is 40.0. The molecule has 0 saturated heterocycles. The second-order valence-electron chi connectivity index (χ2n) is 16.4. The number of hydrogen-bond donors (Lipinski definition) is 1. The number of phosphoric acid groups is 1. The van der Waals surface area contributed by atoms with Crippen LogP contribution in [0.2, 0.25) is 0 Å². The van der Waals surface area contributed by atoms with Crippen molar-refractivity contribution in [2.24, 2.45) is 0 Å². The van der Waals surface area contributed by atoms with Gasteiger partial charge in [0.05, 0.1) is 27.7 Å². The van der Waals surface area contributed by atoms with E-state index in [2.05, 4.69) is 26.0 Å². The maximum Gasteiger partial charge on any atom is 0.472 e. The fraction of sp³-hybridized carbons (Fsp3) is 0.909. The Hall–Kier alpha value is -1.25. The van der Waals surface area contributed by atoms with Crippen LogP contribution < -0.4 is 0 Å². The number of nitrogens with zero attached hydrogens (tertiary/aromatic N) is 1. The molecular weight excluding hydrogens is 701 g/mol. The molecule has 0 saturated carbocycles. The Balaban J connectivity index is 4.34. The van der Waals surface area contributed by atoms with E-state index in [1.807, 2.05) is 21.1 Å². The Morgan fingerprint density at radius 3 is 1.37 bits per heavy atom. The molecule has 0 bridgehead atoms. The second kappa shape index (κ2) is 37.3. The summed E-state index contributed by atoms with van der Waals surface area (Å²) in [5.41, 5.74) is 0. The van der Waals surface area contributed by atoms with Crippen LogP contribution in [0.5, 0.6) is 0 Å². The lowest BCUT2D eigenvalue weighted by Gasteiger charge is -2.24. The van der Waals surface area contributed by atoms with Crippen LogP contribution in [0.3, 0.4) is 0 Å². The van der Waals surface area contributed by atoms with Crippen molar-refractivity contribution in [2.75, 3.05) is 47.5 Å². The molecule has 0 aromatic heterocycles. The molecule has 54 heavy (non-hydrogen) atoms. The van der Waals surface area contributed by atoms with E-state index in [1.54, 1.807) is 0 Å². The minimum absolute atomic E-state index is 0.0332. The molecule has 0 aromatic rings. The minimum Gasteiger partial charge on any atom is -0.462 e. The largest absolute Gasteiger partial charge is 0.472 e. The molecule has 0 heterocycles. The molecule has 2 atom stereocenters. The molecule has 9 nitrogen and oxygen atoms in total. The number of carbonyl (C=O) groups excluding carboxylic acids is 2. The first-order valence-electron chi connectivity index (χ1n) is 22.4. The number of phosphoric ester groups is 1. The predicted molar refractivity (Wildman–Crippen MR) is 224 cm³/mol. The number of hydrogen-bond acceptors (Lipinski definition) is 7. The van der Waals surface area contributed by atoms with Crippen molar-refractivity contribution < 1.29 is 42.1 Å². The third-order valence-corrected chi connectivity index (χ3v) is 10.8. The fourth-order valence-electron chi connectivity index (χ4n) is 6.24. The van der Waals surface area contributed by atoms with Gasteiger partial charge in [-0.3, -0.25) is 18.6 Å². The van der Waals surface area contributed by atoms with Gasteiger partial charge in [-0.05, 0) is 38.5 Å². The van der Waals surface area contributed by atoms with Crippen LogP contribution in [0.25, 0.3) is 0 Å². The van der Waals surface area contributed by atoms with Crippen molar-refractivity contribution in [3.8, 4) is 0 Å². The molecule has 0 aromatic carbocycles. The Kier molecular flexibility index (Phi) is 36.5. The summed E-state index contributed by atoms with van der Waals surface area (Å²) in [5, 5.41) is 0. The van der Waals surface area contributed by atoms with E-state index in [4.69, 9.17) is 18.5 Å². The number of esters is 2. The van der Waals surface area contributed by atoms with Crippen molar-refractivity contribution in [1.29, 1.82) is 0 Å². The highest BCUT2D eigenvalue weighted by atomic mass is 31.2. The minimum atomic E-state index is -4.37. The monoisotopic (exact) mass is 789 g/mol. The van der Waals surface area contributed by atoms with Gasteiger partial charge in [0.25, 0.3) is 0 Å². The molecule has 0 rings (SSSR count). The normalized spacial score (nSPS) is 13.7. The molecule has 0 aliphatic carbocycles. The molecule has 0 fully saturated rings. The van der Waals surface area contributed by atoms with Crippen LogP contribution in [0.1, 0.15) is 206 Å². The van der Waals surface area contributed by atoms with Crippen LogP contribution in [-0.2, 0) is 32.7 Å². The standard InChI is InChI=1S/C44H86NO8P/c1-6-8-10-12-14-16-18-20-22-24-26-28-30-32-34-36-43(46)50-40-42(41-52-54(48,49)51-39-38-45(3,4)5)53-44(47)37-35-33-31-29-27-25-23-21-19-17-15-13-11-9-7-2/h21,23,42H,6-20,22,24-41H2,1-5H3/p+1/b23-21+/t42-/m1/s1. The van der Waals surface area contributed by atoms with Gasteiger partial charge in [0.15, 0.2) is 6.10 Å². The summed E-state index contributed by atoms with van der Waals surface area (Å²) in [6, 6.07) is 0. The topological polar surface area (TPSA) is 108 Å². The quantitative estimate of drug-likeness (QED) is 0.0214. The maximum absolute atomic E-state index is 12.7. The molecule has 0 aliphatic heterocycles. The summed E-state index contributed by atoms with van der Waals surface area (Å²) in [4.78, 5) is 35.3. The van der Waals surface area contributed by atoms with Crippen molar-refractivity contribution in [3.63, 3.8) is 0 Å². The highest BCUT2D eigenvalue weighted by Gasteiger charge is 2.27. The van der Waals surface area contributed by atoms with Gasteiger partial charge in [-0.2, -0.15) is 0 Å². The number of likely N-dealkylation sites (N-methyl/N-ethyl adjacent to an activating group) is 1. The summed E-state index contributed by atoms with van der Waals surface area (Å²) in [5.74, 6) is -0.798. The van der Waals surface area contributed by atoms with Gasteiger partial charge in [0.1, 0.15) is 19.8 Å². The van der Waals surface area contributed by atoms with Crippen LogP contribution >= 0.6 is 7.82 Å². The highest BCUT2D eigenvalue weighted by molar-refractivity contribution is 7.47. The van der Waals surface area contributed by atoms with E-state index in [-0.39, 0.29) is 25.6 Å². The zero-order valence-electron chi connectivity index (χ0n) is 36.0. The fourth-order valence-corrected chi connectivity index (χ4v) is 6.99. The SMILES string of the molecule is CCCCCCCC/C=C/CCCCCCCC(=O)O[C@H](COC(=O)CCCCCCCCCCCCCCCCC)COP(=O)(O)OCC[N+](C)(C)C. The van der Waals surface area contributed by atoms with Gasteiger partial charge < -0.3 is 18.9 Å². The predicted octanol–water partition coefficient (Wildman–Crippen LogP) is 12.6. The van der Waals surface area contributed by atoms with Crippen LogP contribution in [-0.4, -0.2) is 74.9 Å². The summed E-state index contributed by atoms with van der Waals surface area (Å²) in [6.45, 7) is 4.43. The lowest BCUT2D eigenvalue weighted by atomic mass is 10.0. The highest BCUT2D eigenvalue weighted by Crippen LogP contribution is 2.43. The van der Waals surface area contributed by atoms with E-state index in [0.29, 0.717) is 23.9 Å². The lowest BCUT2D eigenvalue weighted by Crippen LogP contribution is -2.37. The summed E-state index contributed by atoms with van der Waals surface area (Å²) < 4.78 is 34.3. The molecule has 0 amide bonds. The van der Waals surface area contributed by atoms with Crippen molar-refractivity contribution in [3.05, 3.63) is 12.2 Å². The van der Waals surface area contributed by atoms with Crippen molar-refractivity contribution in [1.82, 2.24) is 0 Å². The average Bonchev–Trinajstić information content (AvgIpc) is 3.12. The molecular formula is C44H87NO8P+. The first-order valence-corrected chi connectivity index (χ1v) is 23.9. The van der Waals surface area contributed by atoms with Crippen molar-refractivity contribution in [2.45, 2.75) is 213 Å². The number of carbonyl (C=O) groups is 2. The molecule has 0 spiro atoms. The number of allylic oxidation sites excluding steroid dienone is 2. The Morgan fingerprint density at radius 1 is 0.556 bits per heavy atom. The molecule has 1 unspecified atom stereocenters. The third kappa shape index (κ3) is 40.4. The third-order valence-electron chi connectivity index (χ3n) is 9.80. The van der Waals surface area contributed by atoms with E-state index >= 15 is 0 Å². The van der Waals surface area contributed by atoms with Crippen LogP contribution in [0.15, 0.2) is 12.2 Å². The van der Waals surface area contributed by atoms with Gasteiger partial charge in [-0.25, -0.2) is 4.57 Å². The van der Waals surface area contributed by atoms with Gasteiger partial charge in [-0.1, -0.05) is 167 Å².